The summed E-state index contributed by atoms with van der Waals surface area (Å²) in [5.41, 5.74) is 2.18. The molecule has 160 valence electrons. The maximum Gasteiger partial charge on any atom is 0.338 e. The van der Waals surface area contributed by atoms with Crippen LogP contribution in [0.5, 0.6) is 0 Å². The van der Waals surface area contributed by atoms with Crippen molar-refractivity contribution in [1.29, 1.82) is 0 Å². The van der Waals surface area contributed by atoms with Crippen molar-refractivity contribution in [3.8, 4) is 0 Å². The molecular formula is C22H18ClNO5S2. The highest BCUT2D eigenvalue weighted by Gasteiger charge is 2.29. The highest BCUT2D eigenvalue weighted by molar-refractivity contribution is 7.89. The molecule has 0 N–H and O–H groups in total. The zero-order chi connectivity index (χ0) is 22.0. The van der Waals surface area contributed by atoms with Crippen molar-refractivity contribution in [2.24, 2.45) is 0 Å². The van der Waals surface area contributed by atoms with Crippen LogP contribution in [0.25, 0.3) is 0 Å². The van der Waals surface area contributed by atoms with E-state index in [1.165, 1.54) is 28.6 Å². The van der Waals surface area contributed by atoms with E-state index < -0.39 is 22.6 Å². The molecule has 0 aliphatic carbocycles. The van der Waals surface area contributed by atoms with E-state index in [0.29, 0.717) is 22.2 Å². The number of ether oxygens (including phenoxy) is 1. The molecule has 2 heterocycles. The Hall–Kier alpha value is -2.52. The van der Waals surface area contributed by atoms with Crippen LogP contribution in [-0.4, -0.2) is 37.6 Å². The number of rotatable bonds is 6. The molecule has 2 aromatic carbocycles. The number of fused-ring (bicyclic) bond motifs is 1. The summed E-state index contributed by atoms with van der Waals surface area (Å²) in [4.78, 5) is 24.9. The predicted molar refractivity (Wildman–Crippen MR) is 118 cm³/mol. The fourth-order valence-electron chi connectivity index (χ4n) is 3.36. The van der Waals surface area contributed by atoms with Gasteiger partial charge in [-0.2, -0.15) is 4.31 Å². The van der Waals surface area contributed by atoms with Crippen LogP contribution in [-0.2, 0) is 27.7 Å². The van der Waals surface area contributed by atoms with Crippen molar-refractivity contribution in [2.75, 3.05) is 13.2 Å². The van der Waals surface area contributed by atoms with Gasteiger partial charge in [-0.25, -0.2) is 13.2 Å². The molecule has 3 aromatic rings. The molecule has 6 nitrogen and oxygen atoms in total. The summed E-state index contributed by atoms with van der Waals surface area (Å²) < 4.78 is 33.2. The Kier molecular flexibility index (Phi) is 6.24. The van der Waals surface area contributed by atoms with E-state index in [2.05, 4.69) is 0 Å². The van der Waals surface area contributed by atoms with Crippen LogP contribution < -0.4 is 0 Å². The second-order valence-corrected chi connectivity index (χ2v) is 10.6. The SMILES string of the molecule is O=C(OCC(=O)c1ccc(Cl)s1)c1cccc(S(=O)(=O)N2CCc3ccccc3C2)c1. The largest absolute Gasteiger partial charge is 0.454 e. The fraction of sp³-hybridized carbons (Fsp3) is 0.182. The van der Waals surface area contributed by atoms with Crippen molar-refractivity contribution < 1.29 is 22.7 Å². The van der Waals surface area contributed by atoms with Gasteiger partial charge in [0.2, 0.25) is 15.8 Å². The van der Waals surface area contributed by atoms with Gasteiger partial charge in [-0.3, -0.25) is 4.79 Å². The van der Waals surface area contributed by atoms with Gasteiger partial charge >= 0.3 is 5.97 Å². The zero-order valence-electron chi connectivity index (χ0n) is 16.3. The molecule has 31 heavy (non-hydrogen) atoms. The first-order valence-electron chi connectivity index (χ1n) is 9.47. The van der Waals surface area contributed by atoms with Gasteiger partial charge in [0.1, 0.15) is 0 Å². The summed E-state index contributed by atoms with van der Waals surface area (Å²) in [7, 11) is -3.79. The molecule has 0 radical (unpaired) electrons. The third-order valence-electron chi connectivity index (χ3n) is 4.99. The molecule has 0 atom stereocenters. The van der Waals surface area contributed by atoms with E-state index in [-0.39, 0.29) is 22.8 Å². The van der Waals surface area contributed by atoms with Gasteiger partial charge < -0.3 is 4.74 Å². The van der Waals surface area contributed by atoms with Crippen LogP contribution in [0, 0.1) is 0 Å². The van der Waals surface area contributed by atoms with Gasteiger partial charge in [0, 0.05) is 13.1 Å². The third-order valence-corrected chi connectivity index (χ3v) is 8.10. The van der Waals surface area contributed by atoms with Crippen LogP contribution in [0.4, 0.5) is 0 Å². The minimum absolute atomic E-state index is 0.0118. The Bertz CT molecular complexity index is 1250. The van der Waals surface area contributed by atoms with Crippen LogP contribution >= 0.6 is 22.9 Å². The highest BCUT2D eigenvalue weighted by atomic mass is 35.5. The fourth-order valence-corrected chi connectivity index (χ4v) is 5.79. The summed E-state index contributed by atoms with van der Waals surface area (Å²) in [6.45, 7) is 0.201. The first-order chi connectivity index (χ1) is 14.8. The molecular weight excluding hydrogens is 458 g/mol. The second-order valence-electron chi connectivity index (χ2n) is 6.99. The number of Topliss-reactive ketones (excluding diaryl/α,β-unsaturated/α-hetero) is 1. The number of esters is 1. The van der Waals surface area contributed by atoms with Gasteiger partial charge in [0.05, 0.1) is 19.7 Å². The maximum atomic E-state index is 13.1. The van der Waals surface area contributed by atoms with Crippen molar-refractivity contribution in [2.45, 2.75) is 17.9 Å². The molecule has 4 rings (SSSR count). The van der Waals surface area contributed by atoms with Gasteiger partial charge in [-0.1, -0.05) is 41.9 Å². The Labute approximate surface area is 189 Å². The summed E-state index contributed by atoms with van der Waals surface area (Å²) in [5, 5.41) is 0. The molecule has 0 spiro atoms. The Morgan fingerprint density at radius 1 is 1.03 bits per heavy atom. The van der Waals surface area contributed by atoms with Gasteiger partial charge in [-0.05, 0) is 47.9 Å². The summed E-state index contributed by atoms with van der Waals surface area (Å²) in [6.07, 6.45) is 0.631. The number of hydrogen-bond donors (Lipinski definition) is 0. The summed E-state index contributed by atoms with van der Waals surface area (Å²) >= 11 is 6.91. The number of sulfonamides is 1. The number of halogens is 1. The average Bonchev–Trinajstić information content (AvgIpc) is 3.23. The Balaban J connectivity index is 1.47. The molecule has 0 saturated heterocycles. The zero-order valence-corrected chi connectivity index (χ0v) is 18.7. The standard InChI is InChI=1S/C22H18ClNO5S2/c23-21-9-8-20(30-21)19(25)14-29-22(26)16-6-3-7-18(12-16)31(27,28)24-11-10-15-4-1-2-5-17(15)13-24/h1-9,12H,10-11,13-14H2. The molecule has 1 aliphatic rings. The van der Waals surface area contributed by atoms with Crippen LogP contribution in [0.1, 0.15) is 31.2 Å². The molecule has 0 unspecified atom stereocenters. The number of carbonyl (C=O) groups is 2. The van der Waals surface area contributed by atoms with E-state index in [4.69, 9.17) is 16.3 Å². The van der Waals surface area contributed by atoms with Crippen LogP contribution in [0.2, 0.25) is 4.34 Å². The lowest BCUT2D eigenvalue weighted by atomic mass is 10.0. The lowest BCUT2D eigenvalue weighted by Gasteiger charge is -2.28. The minimum Gasteiger partial charge on any atom is -0.454 e. The van der Waals surface area contributed by atoms with E-state index in [0.717, 1.165) is 22.5 Å². The number of benzene rings is 2. The molecule has 1 aliphatic heterocycles. The van der Waals surface area contributed by atoms with Crippen LogP contribution in [0.3, 0.4) is 0 Å². The third kappa shape index (κ3) is 4.72. The van der Waals surface area contributed by atoms with Gasteiger partial charge in [0.25, 0.3) is 0 Å². The maximum absolute atomic E-state index is 13.1. The summed E-state index contributed by atoms with van der Waals surface area (Å²) in [6, 6.07) is 16.6. The van der Waals surface area contributed by atoms with Gasteiger partial charge in [-0.15, -0.1) is 11.3 Å². The van der Waals surface area contributed by atoms with E-state index in [1.54, 1.807) is 12.1 Å². The van der Waals surface area contributed by atoms with E-state index in [1.807, 2.05) is 24.3 Å². The van der Waals surface area contributed by atoms with Crippen molar-refractivity contribution in [3.63, 3.8) is 0 Å². The monoisotopic (exact) mass is 475 g/mol. The molecule has 1 aromatic heterocycles. The second kappa shape index (κ2) is 8.92. The van der Waals surface area contributed by atoms with Crippen molar-refractivity contribution in [1.82, 2.24) is 4.31 Å². The number of carbonyl (C=O) groups excluding carboxylic acids is 2. The van der Waals surface area contributed by atoms with Crippen molar-refractivity contribution >= 4 is 44.7 Å². The minimum atomic E-state index is -3.79. The lowest BCUT2D eigenvalue weighted by Crippen LogP contribution is -2.36. The highest BCUT2D eigenvalue weighted by Crippen LogP contribution is 2.26. The smallest absolute Gasteiger partial charge is 0.338 e. The first kappa shape index (κ1) is 21.7. The topological polar surface area (TPSA) is 80.8 Å². The molecule has 9 heteroatoms. The number of thiophene rings is 1. The lowest BCUT2D eigenvalue weighted by molar-refractivity contribution is 0.0475. The number of nitrogens with zero attached hydrogens (tertiary/aromatic N) is 1. The molecule has 0 saturated carbocycles. The van der Waals surface area contributed by atoms with Crippen LogP contribution in [0.15, 0.2) is 65.6 Å². The molecule has 0 fully saturated rings. The van der Waals surface area contributed by atoms with Crippen molar-refractivity contribution in [3.05, 3.63) is 86.6 Å². The van der Waals surface area contributed by atoms with E-state index in [9.17, 15) is 18.0 Å². The summed E-state index contributed by atoms with van der Waals surface area (Å²) in [5.74, 6) is -1.14. The van der Waals surface area contributed by atoms with Gasteiger partial charge in [0.15, 0.2) is 6.61 Å². The van der Waals surface area contributed by atoms with E-state index >= 15 is 0 Å². The number of hydrogen-bond acceptors (Lipinski definition) is 6. The molecule has 0 amide bonds. The normalized spacial score (nSPS) is 14.1. The molecule has 0 bridgehead atoms. The predicted octanol–water partition coefficient (Wildman–Crippen LogP) is 4.19. The number of ketones is 1. The quantitative estimate of drug-likeness (QED) is 0.394. The Morgan fingerprint density at radius 3 is 2.55 bits per heavy atom. The first-order valence-corrected chi connectivity index (χ1v) is 12.1. The average molecular weight is 476 g/mol. The Morgan fingerprint density at radius 2 is 1.81 bits per heavy atom.